The van der Waals surface area contributed by atoms with Crippen LogP contribution in [0.25, 0.3) is 0 Å². The normalized spacial score (nSPS) is 11.2. The number of likely N-dealkylation sites (N-methyl/N-ethyl adjacent to an activating group) is 1. The molecule has 120 valence electrons. The summed E-state index contributed by atoms with van der Waals surface area (Å²) in [6.45, 7) is 12.0. The molecule has 0 heterocycles. The highest BCUT2D eigenvalue weighted by molar-refractivity contribution is 6.18. The maximum Gasteiger partial charge on any atom is 0.123 e. The number of rotatable bonds is 9. The molecule has 0 saturated heterocycles. The van der Waals surface area contributed by atoms with Gasteiger partial charge >= 0.3 is 0 Å². The van der Waals surface area contributed by atoms with Crippen LogP contribution in [0.3, 0.4) is 0 Å². The van der Waals surface area contributed by atoms with Crippen molar-refractivity contribution in [3.63, 3.8) is 0 Å². The second-order valence-electron chi connectivity index (χ2n) is 5.49. The van der Waals surface area contributed by atoms with Crippen LogP contribution in [0.5, 0.6) is 11.5 Å². The van der Waals surface area contributed by atoms with Gasteiger partial charge in [-0.2, -0.15) is 0 Å². The molecule has 1 aromatic rings. The minimum Gasteiger partial charge on any atom is -0.496 e. The number of ether oxygens (including phenoxy) is 2. The van der Waals surface area contributed by atoms with Crippen LogP contribution in [-0.2, 0) is 0 Å². The fourth-order valence-corrected chi connectivity index (χ4v) is 2.54. The van der Waals surface area contributed by atoms with Gasteiger partial charge in [0.1, 0.15) is 18.1 Å². The minimum absolute atomic E-state index is 0.402. The van der Waals surface area contributed by atoms with Crippen molar-refractivity contribution in [1.82, 2.24) is 4.90 Å². The van der Waals surface area contributed by atoms with Gasteiger partial charge in [0.2, 0.25) is 0 Å². The molecule has 21 heavy (non-hydrogen) atoms. The Bertz CT molecular complexity index is 435. The van der Waals surface area contributed by atoms with Crippen molar-refractivity contribution in [2.75, 3.05) is 39.2 Å². The van der Waals surface area contributed by atoms with Crippen LogP contribution in [0.4, 0.5) is 0 Å². The zero-order valence-electron chi connectivity index (χ0n) is 13.9. The van der Waals surface area contributed by atoms with Gasteiger partial charge in [0.25, 0.3) is 0 Å². The molecule has 0 fully saturated rings. The van der Waals surface area contributed by atoms with Gasteiger partial charge in [-0.1, -0.05) is 20.8 Å². The molecule has 0 aliphatic carbocycles. The highest BCUT2D eigenvalue weighted by Crippen LogP contribution is 2.33. The molecule has 3 nitrogen and oxygen atoms in total. The average molecular weight is 314 g/mol. The van der Waals surface area contributed by atoms with E-state index in [-0.39, 0.29) is 0 Å². The van der Waals surface area contributed by atoms with Crippen LogP contribution >= 0.6 is 11.6 Å². The van der Waals surface area contributed by atoms with Crippen LogP contribution in [0.2, 0.25) is 0 Å². The number of methoxy groups -OCH3 is 1. The fourth-order valence-electron chi connectivity index (χ4n) is 2.31. The summed E-state index contributed by atoms with van der Waals surface area (Å²) >= 11 is 5.80. The second-order valence-corrected chi connectivity index (χ2v) is 5.86. The van der Waals surface area contributed by atoms with Crippen LogP contribution in [-0.4, -0.2) is 44.1 Å². The third kappa shape index (κ3) is 5.40. The largest absolute Gasteiger partial charge is 0.496 e. The molecule has 0 bridgehead atoms. The highest BCUT2D eigenvalue weighted by Gasteiger charge is 2.12. The molecule has 0 atom stereocenters. The van der Waals surface area contributed by atoms with Crippen molar-refractivity contribution in [3.05, 3.63) is 23.3 Å². The Labute approximate surface area is 134 Å². The number of hydrogen-bond acceptors (Lipinski definition) is 3. The minimum atomic E-state index is 0.402. The molecule has 0 radical (unpaired) electrons. The summed E-state index contributed by atoms with van der Waals surface area (Å²) in [4.78, 5) is 2.29. The summed E-state index contributed by atoms with van der Waals surface area (Å²) in [5.74, 6) is 2.94. The molecule has 0 saturated carbocycles. The van der Waals surface area contributed by atoms with Crippen molar-refractivity contribution < 1.29 is 9.47 Å². The summed E-state index contributed by atoms with van der Waals surface area (Å²) in [6, 6.07) is 4.16. The van der Waals surface area contributed by atoms with E-state index in [1.807, 2.05) is 6.92 Å². The maximum absolute atomic E-state index is 6.02. The summed E-state index contributed by atoms with van der Waals surface area (Å²) in [7, 11) is 1.71. The summed E-state index contributed by atoms with van der Waals surface area (Å²) in [6.07, 6.45) is 0. The second kappa shape index (κ2) is 9.16. The highest BCUT2D eigenvalue weighted by atomic mass is 35.5. The van der Waals surface area contributed by atoms with Crippen molar-refractivity contribution >= 4 is 11.6 Å². The van der Waals surface area contributed by atoms with Gasteiger partial charge in [-0.15, -0.1) is 11.6 Å². The molecule has 0 aromatic heterocycles. The van der Waals surface area contributed by atoms with E-state index < -0.39 is 0 Å². The van der Waals surface area contributed by atoms with Gasteiger partial charge in [-0.25, -0.2) is 0 Å². The Balaban J connectivity index is 2.75. The monoisotopic (exact) mass is 313 g/mol. The molecular formula is C17H28ClNO2. The first-order valence-corrected chi connectivity index (χ1v) is 8.16. The number of hydrogen-bond donors (Lipinski definition) is 0. The van der Waals surface area contributed by atoms with Crippen molar-refractivity contribution in [2.24, 2.45) is 0 Å². The Morgan fingerprint density at radius 2 is 1.90 bits per heavy atom. The standard InChI is InChI=1S/C17H28ClNO2/c1-6-19(8-7-18)9-10-21-17-11-14(4)16(20-5)12-15(17)13(2)3/h11-13H,6-10H2,1-5H3. The summed E-state index contributed by atoms with van der Waals surface area (Å²) < 4.78 is 11.4. The van der Waals surface area contributed by atoms with E-state index >= 15 is 0 Å². The first-order valence-electron chi connectivity index (χ1n) is 7.63. The van der Waals surface area contributed by atoms with Gasteiger partial charge in [0, 0.05) is 24.5 Å². The first kappa shape index (κ1) is 18.1. The van der Waals surface area contributed by atoms with E-state index in [9.17, 15) is 0 Å². The van der Waals surface area contributed by atoms with E-state index in [4.69, 9.17) is 21.1 Å². The molecule has 0 N–H and O–H groups in total. The first-order chi connectivity index (χ1) is 10.0. The number of alkyl halides is 1. The number of nitrogens with zero attached hydrogens (tertiary/aromatic N) is 1. The number of aryl methyl sites for hydroxylation is 1. The third-order valence-electron chi connectivity index (χ3n) is 3.66. The molecule has 0 aliphatic rings. The van der Waals surface area contributed by atoms with E-state index in [2.05, 4.69) is 37.8 Å². The molecular weight excluding hydrogens is 286 g/mol. The number of halogens is 1. The van der Waals surface area contributed by atoms with E-state index in [0.717, 1.165) is 36.7 Å². The lowest BCUT2D eigenvalue weighted by molar-refractivity contribution is 0.222. The Kier molecular flexibility index (Phi) is 7.91. The Morgan fingerprint density at radius 3 is 2.43 bits per heavy atom. The summed E-state index contributed by atoms with van der Waals surface area (Å²) in [5, 5.41) is 0. The number of benzene rings is 1. The molecule has 0 amide bonds. The lowest BCUT2D eigenvalue weighted by Crippen LogP contribution is -2.30. The van der Waals surface area contributed by atoms with E-state index in [0.29, 0.717) is 18.4 Å². The van der Waals surface area contributed by atoms with Crippen molar-refractivity contribution in [1.29, 1.82) is 0 Å². The van der Waals surface area contributed by atoms with Gasteiger partial charge in [0.15, 0.2) is 0 Å². The molecule has 4 heteroatoms. The van der Waals surface area contributed by atoms with Gasteiger partial charge in [0.05, 0.1) is 7.11 Å². The quantitative estimate of drug-likeness (QED) is 0.642. The lowest BCUT2D eigenvalue weighted by Gasteiger charge is -2.21. The van der Waals surface area contributed by atoms with Crippen molar-refractivity contribution in [2.45, 2.75) is 33.6 Å². The predicted molar refractivity (Wildman–Crippen MR) is 90.1 cm³/mol. The fraction of sp³-hybridized carbons (Fsp3) is 0.647. The van der Waals surface area contributed by atoms with Crippen LogP contribution in [0.15, 0.2) is 12.1 Å². The van der Waals surface area contributed by atoms with Gasteiger partial charge < -0.3 is 9.47 Å². The molecule has 0 aliphatic heterocycles. The predicted octanol–water partition coefficient (Wildman–Crippen LogP) is 4.07. The van der Waals surface area contributed by atoms with Crippen LogP contribution < -0.4 is 9.47 Å². The zero-order valence-corrected chi connectivity index (χ0v) is 14.7. The Hall–Kier alpha value is -0.930. The Morgan fingerprint density at radius 1 is 1.19 bits per heavy atom. The van der Waals surface area contributed by atoms with Gasteiger partial charge in [-0.3, -0.25) is 4.90 Å². The molecule has 0 unspecified atom stereocenters. The van der Waals surface area contributed by atoms with Crippen LogP contribution in [0, 0.1) is 6.92 Å². The third-order valence-corrected chi connectivity index (χ3v) is 3.83. The SMILES string of the molecule is CCN(CCCl)CCOc1cc(C)c(OC)cc1C(C)C. The topological polar surface area (TPSA) is 21.7 Å². The van der Waals surface area contributed by atoms with Gasteiger partial charge in [-0.05, 0) is 37.1 Å². The zero-order chi connectivity index (χ0) is 15.8. The molecule has 1 rings (SSSR count). The van der Waals surface area contributed by atoms with Crippen molar-refractivity contribution in [3.8, 4) is 11.5 Å². The van der Waals surface area contributed by atoms with E-state index in [1.165, 1.54) is 5.56 Å². The van der Waals surface area contributed by atoms with E-state index in [1.54, 1.807) is 7.11 Å². The lowest BCUT2D eigenvalue weighted by atomic mass is 10.00. The smallest absolute Gasteiger partial charge is 0.123 e. The molecule has 1 aromatic carbocycles. The maximum atomic E-state index is 6.02. The average Bonchev–Trinajstić information content (AvgIpc) is 2.46. The summed E-state index contributed by atoms with van der Waals surface area (Å²) in [5.41, 5.74) is 2.29. The molecule has 0 spiro atoms. The van der Waals surface area contributed by atoms with Crippen LogP contribution in [0.1, 0.15) is 37.8 Å².